The van der Waals surface area contributed by atoms with Gasteiger partial charge >= 0.3 is 5.97 Å². The Labute approximate surface area is 151 Å². The molecule has 9 nitrogen and oxygen atoms in total. The quantitative estimate of drug-likeness (QED) is 0.633. The highest BCUT2D eigenvalue weighted by molar-refractivity contribution is 7.89. The number of amides is 1. The van der Waals surface area contributed by atoms with E-state index < -0.39 is 21.9 Å². The second-order valence-corrected chi connectivity index (χ2v) is 7.42. The van der Waals surface area contributed by atoms with Crippen LogP contribution in [0.5, 0.6) is 0 Å². The van der Waals surface area contributed by atoms with Crippen molar-refractivity contribution in [3.05, 3.63) is 42.1 Å². The van der Waals surface area contributed by atoms with Crippen LogP contribution in [-0.4, -0.2) is 41.2 Å². The largest absolute Gasteiger partial charge is 0.480 e. The molecule has 0 aliphatic carbocycles. The van der Waals surface area contributed by atoms with E-state index in [0.717, 1.165) is 0 Å². The molecule has 1 atom stereocenters. The van der Waals surface area contributed by atoms with Gasteiger partial charge in [-0.2, -0.15) is 5.10 Å². The molecule has 0 radical (unpaired) electrons. The number of carboxylic acid groups (broad SMARTS) is 1. The number of carbonyl (C=O) groups excluding carboxylic acids is 1. The van der Waals surface area contributed by atoms with Crippen molar-refractivity contribution in [2.24, 2.45) is 0 Å². The number of carbonyl (C=O) groups is 2. The van der Waals surface area contributed by atoms with E-state index in [1.165, 1.54) is 41.2 Å². The van der Waals surface area contributed by atoms with Crippen LogP contribution in [0, 0.1) is 0 Å². The number of hydrogen-bond donors (Lipinski definition) is 3. The maximum atomic E-state index is 12.2. The van der Waals surface area contributed by atoms with Crippen molar-refractivity contribution in [1.29, 1.82) is 0 Å². The van der Waals surface area contributed by atoms with Crippen molar-refractivity contribution in [2.75, 3.05) is 5.32 Å². The van der Waals surface area contributed by atoms with Gasteiger partial charge in [-0.15, -0.1) is 0 Å². The molecule has 1 amide bonds. The van der Waals surface area contributed by atoms with E-state index in [4.69, 9.17) is 5.11 Å². The van der Waals surface area contributed by atoms with Crippen molar-refractivity contribution in [1.82, 2.24) is 14.5 Å². The predicted molar refractivity (Wildman–Crippen MR) is 94.3 cm³/mol. The molecular weight excluding hydrogens is 360 g/mol. The molecular formula is C16H20N4O5S. The average molecular weight is 380 g/mol. The second-order valence-electron chi connectivity index (χ2n) is 5.70. The first-order valence-electron chi connectivity index (χ1n) is 7.90. The highest BCUT2D eigenvalue weighted by Crippen LogP contribution is 2.13. The number of rotatable bonds is 8. The molecule has 0 saturated heterocycles. The minimum Gasteiger partial charge on any atom is -0.480 e. The number of nitrogens with one attached hydrogen (secondary N) is 2. The molecule has 0 fully saturated rings. The van der Waals surface area contributed by atoms with Crippen LogP contribution in [0.4, 0.5) is 5.82 Å². The molecule has 2 rings (SSSR count). The molecule has 0 aliphatic heterocycles. The van der Waals surface area contributed by atoms with E-state index in [1.807, 2.05) is 6.92 Å². The summed E-state index contributed by atoms with van der Waals surface area (Å²) < 4.78 is 28.1. The van der Waals surface area contributed by atoms with Crippen molar-refractivity contribution in [3.63, 3.8) is 0 Å². The Balaban J connectivity index is 2.06. The van der Waals surface area contributed by atoms with Crippen LogP contribution in [0.3, 0.4) is 0 Å². The van der Waals surface area contributed by atoms with E-state index in [-0.39, 0.29) is 28.9 Å². The zero-order valence-electron chi connectivity index (χ0n) is 14.3. The maximum Gasteiger partial charge on any atom is 0.325 e. The Morgan fingerprint density at radius 3 is 2.46 bits per heavy atom. The number of benzene rings is 1. The average Bonchev–Trinajstić information content (AvgIpc) is 3.00. The van der Waals surface area contributed by atoms with Crippen LogP contribution in [0.2, 0.25) is 0 Å². The van der Waals surface area contributed by atoms with Gasteiger partial charge < -0.3 is 10.4 Å². The molecule has 1 aromatic heterocycles. The maximum absolute atomic E-state index is 12.2. The summed E-state index contributed by atoms with van der Waals surface area (Å²) >= 11 is 0. The van der Waals surface area contributed by atoms with Crippen LogP contribution in [0.15, 0.2) is 41.4 Å². The first-order chi connectivity index (χ1) is 12.2. The van der Waals surface area contributed by atoms with Gasteiger partial charge in [0.15, 0.2) is 5.82 Å². The normalized spacial score (nSPS) is 12.5. The van der Waals surface area contributed by atoms with Gasteiger partial charge in [0.25, 0.3) is 5.91 Å². The fourth-order valence-electron chi connectivity index (χ4n) is 2.05. The van der Waals surface area contributed by atoms with Gasteiger partial charge in [0.2, 0.25) is 10.0 Å². The third-order valence-corrected chi connectivity index (χ3v) is 5.18. The standard InChI is InChI=1S/C16H20N4O5S/c1-3-11(2)19-26(24,25)13-6-4-12(5-7-13)16(23)17-14-8-9-20(18-14)10-15(21)22/h4-9,11,19H,3,10H2,1-2H3,(H,21,22)(H,17,18,23). The zero-order chi connectivity index (χ0) is 19.3. The van der Waals surface area contributed by atoms with Gasteiger partial charge in [-0.3, -0.25) is 14.3 Å². The topological polar surface area (TPSA) is 130 Å². The Hall–Kier alpha value is -2.72. The molecule has 1 heterocycles. The lowest BCUT2D eigenvalue weighted by molar-refractivity contribution is -0.137. The molecule has 0 spiro atoms. The van der Waals surface area contributed by atoms with Crippen LogP contribution < -0.4 is 10.0 Å². The third kappa shape index (κ3) is 5.14. The first-order valence-corrected chi connectivity index (χ1v) is 9.38. The van der Waals surface area contributed by atoms with E-state index >= 15 is 0 Å². The Kier molecular flexibility index (Phi) is 6.11. The number of nitrogens with zero attached hydrogens (tertiary/aromatic N) is 2. The second kappa shape index (κ2) is 8.11. The summed E-state index contributed by atoms with van der Waals surface area (Å²) in [5.74, 6) is -1.33. The summed E-state index contributed by atoms with van der Waals surface area (Å²) in [5.41, 5.74) is 0.250. The van der Waals surface area contributed by atoms with Crippen molar-refractivity contribution >= 4 is 27.7 Å². The van der Waals surface area contributed by atoms with Gasteiger partial charge in [-0.05, 0) is 37.6 Å². The van der Waals surface area contributed by atoms with Gasteiger partial charge in [-0.25, -0.2) is 13.1 Å². The monoisotopic (exact) mass is 380 g/mol. The summed E-state index contributed by atoms with van der Waals surface area (Å²) in [4.78, 5) is 22.9. The van der Waals surface area contributed by atoms with Crippen LogP contribution in [-0.2, 0) is 21.4 Å². The lowest BCUT2D eigenvalue weighted by atomic mass is 10.2. The molecule has 3 N–H and O–H groups in total. The van der Waals surface area contributed by atoms with Crippen molar-refractivity contribution in [3.8, 4) is 0 Å². The van der Waals surface area contributed by atoms with Gasteiger partial charge in [-0.1, -0.05) is 6.92 Å². The third-order valence-electron chi connectivity index (χ3n) is 3.58. The van der Waals surface area contributed by atoms with Crippen LogP contribution >= 0.6 is 0 Å². The molecule has 10 heteroatoms. The highest BCUT2D eigenvalue weighted by Gasteiger charge is 2.17. The van der Waals surface area contributed by atoms with Gasteiger partial charge in [0.05, 0.1) is 4.90 Å². The van der Waals surface area contributed by atoms with E-state index in [2.05, 4.69) is 15.1 Å². The zero-order valence-corrected chi connectivity index (χ0v) is 15.2. The number of aromatic nitrogens is 2. The Morgan fingerprint density at radius 2 is 1.88 bits per heavy atom. The molecule has 0 bridgehead atoms. The Morgan fingerprint density at radius 1 is 1.23 bits per heavy atom. The fourth-order valence-corrected chi connectivity index (χ4v) is 3.37. The van der Waals surface area contributed by atoms with Crippen LogP contribution in [0.25, 0.3) is 0 Å². The summed E-state index contributed by atoms with van der Waals surface area (Å²) in [7, 11) is -3.63. The summed E-state index contributed by atoms with van der Waals surface area (Å²) in [6, 6.07) is 6.77. The number of carboxylic acids is 1. The fraction of sp³-hybridized carbons (Fsp3) is 0.312. The molecule has 26 heavy (non-hydrogen) atoms. The predicted octanol–water partition coefficient (Wildman–Crippen LogP) is 1.30. The van der Waals surface area contributed by atoms with E-state index in [1.54, 1.807) is 6.92 Å². The smallest absolute Gasteiger partial charge is 0.325 e. The molecule has 0 saturated carbocycles. The Bertz CT molecular complexity index is 890. The lowest BCUT2D eigenvalue weighted by Gasteiger charge is -2.12. The van der Waals surface area contributed by atoms with E-state index in [9.17, 15) is 18.0 Å². The van der Waals surface area contributed by atoms with Gasteiger partial charge in [0, 0.05) is 23.9 Å². The number of anilines is 1. The van der Waals surface area contributed by atoms with Crippen LogP contribution in [0.1, 0.15) is 30.6 Å². The van der Waals surface area contributed by atoms with Crippen molar-refractivity contribution < 1.29 is 23.1 Å². The number of hydrogen-bond acceptors (Lipinski definition) is 5. The molecule has 140 valence electrons. The highest BCUT2D eigenvalue weighted by atomic mass is 32.2. The molecule has 1 unspecified atom stereocenters. The first kappa shape index (κ1) is 19.6. The molecule has 0 aliphatic rings. The summed E-state index contributed by atoms with van der Waals surface area (Å²) in [5, 5.41) is 15.1. The molecule has 2 aromatic rings. The van der Waals surface area contributed by atoms with Crippen molar-refractivity contribution in [2.45, 2.75) is 37.8 Å². The SMILES string of the molecule is CCC(C)NS(=O)(=O)c1ccc(C(=O)Nc2ccn(CC(=O)O)n2)cc1. The minimum absolute atomic E-state index is 0.0695. The number of aliphatic carboxylic acids is 1. The summed E-state index contributed by atoms with van der Waals surface area (Å²) in [6.45, 7) is 3.33. The lowest BCUT2D eigenvalue weighted by Crippen LogP contribution is -2.32. The minimum atomic E-state index is -3.63. The van der Waals surface area contributed by atoms with E-state index in [0.29, 0.717) is 6.42 Å². The van der Waals surface area contributed by atoms with Gasteiger partial charge in [0.1, 0.15) is 6.54 Å². The molecule has 1 aromatic carbocycles. The summed E-state index contributed by atoms with van der Waals surface area (Å²) in [6.07, 6.45) is 2.09. The number of sulfonamides is 1.